The molecule has 2 atom stereocenters. The molecule has 0 bridgehead atoms. The van der Waals surface area contributed by atoms with Crippen LogP contribution in [0.3, 0.4) is 0 Å². The van der Waals surface area contributed by atoms with Gasteiger partial charge in [0.15, 0.2) is 6.10 Å². The van der Waals surface area contributed by atoms with Gasteiger partial charge in [0, 0.05) is 13.0 Å². The number of nitrogens with zero attached hydrogens (tertiary/aromatic N) is 1. The molecule has 0 spiro atoms. The lowest BCUT2D eigenvalue weighted by Gasteiger charge is -2.32. The minimum absolute atomic E-state index is 0.0881. The Morgan fingerprint density at radius 2 is 1.79 bits per heavy atom. The van der Waals surface area contributed by atoms with Crippen LogP contribution in [0.4, 0.5) is 5.69 Å². The van der Waals surface area contributed by atoms with Crippen molar-refractivity contribution in [3.63, 3.8) is 0 Å². The average Bonchev–Trinajstić information content (AvgIpc) is 2.73. The molecule has 1 aliphatic heterocycles. The summed E-state index contributed by atoms with van der Waals surface area (Å²) in [5, 5.41) is 5.35. The van der Waals surface area contributed by atoms with E-state index >= 15 is 0 Å². The van der Waals surface area contributed by atoms with Crippen LogP contribution >= 0.6 is 0 Å². The Morgan fingerprint density at radius 3 is 2.66 bits per heavy atom. The van der Waals surface area contributed by atoms with Gasteiger partial charge in [0.2, 0.25) is 5.91 Å². The first kappa shape index (κ1) is 19.0. The quantitative estimate of drug-likeness (QED) is 0.712. The van der Waals surface area contributed by atoms with Crippen LogP contribution in [-0.2, 0) is 9.59 Å². The molecule has 3 aromatic rings. The van der Waals surface area contributed by atoms with Crippen molar-refractivity contribution in [2.45, 2.75) is 32.4 Å². The number of fused-ring (bicyclic) bond motifs is 2. The van der Waals surface area contributed by atoms with E-state index in [1.165, 1.54) is 0 Å². The molecule has 0 saturated carbocycles. The van der Waals surface area contributed by atoms with Crippen LogP contribution in [0.1, 0.15) is 31.9 Å². The molecule has 29 heavy (non-hydrogen) atoms. The number of benzene rings is 3. The van der Waals surface area contributed by atoms with E-state index in [-0.39, 0.29) is 24.3 Å². The molecule has 4 rings (SSSR count). The van der Waals surface area contributed by atoms with E-state index in [1.807, 2.05) is 55.5 Å². The Bertz CT molecular complexity index is 1060. The fraction of sp³-hybridized carbons (Fsp3) is 0.250. The number of rotatable bonds is 5. The van der Waals surface area contributed by atoms with Gasteiger partial charge in [0.25, 0.3) is 5.91 Å². The van der Waals surface area contributed by atoms with Gasteiger partial charge in [0.1, 0.15) is 5.75 Å². The van der Waals surface area contributed by atoms with Crippen LogP contribution in [0.2, 0.25) is 0 Å². The Hall–Kier alpha value is -3.34. The van der Waals surface area contributed by atoms with Crippen LogP contribution in [0.5, 0.6) is 5.75 Å². The van der Waals surface area contributed by atoms with E-state index < -0.39 is 6.10 Å². The molecule has 2 unspecified atom stereocenters. The van der Waals surface area contributed by atoms with Gasteiger partial charge in [0.05, 0.1) is 11.7 Å². The highest BCUT2D eigenvalue weighted by Gasteiger charge is 2.31. The summed E-state index contributed by atoms with van der Waals surface area (Å²) in [5.74, 6) is 0.456. The summed E-state index contributed by atoms with van der Waals surface area (Å²) < 4.78 is 5.65. The minimum atomic E-state index is -0.553. The van der Waals surface area contributed by atoms with Crippen molar-refractivity contribution < 1.29 is 14.3 Å². The summed E-state index contributed by atoms with van der Waals surface area (Å²) >= 11 is 0. The van der Waals surface area contributed by atoms with Crippen LogP contribution < -0.4 is 15.0 Å². The average molecular weight is 388 g/mol. The van der Waals surface area contributed by atoms with E-state index in [1.54, 1.807) is 11.8 Å². The number of hydrogen-bond acceptors (Lipinski definition) is 3. The predicted octanol–water partition coefficient (Wildman–Crippen LogP) is 4.22. The number of anilines is 1. The summed E-state index contributed by atoms with van der Waals surface area (Å²) in [6.45, 7) is 4.03. The number of amides is 2. The second-order valence-electron chi connectivity index (χ2n) is 7.33. The van der Waals surface area contributed by atoms with E-state index in [0.29, 0.717) is 18.0 Å². The molecule has 0 aromatic heterocycles. The van der Waals surface area contributed by atoms with E-state index in [2.05, 4.69) is 23.5 Å². The highest BCUT2D eigenvalue weighted by molar-refractivity contribution is 6.00. The van der Waals surface area contributed by atoms with Gasteiger partial charge < -0.3 is 15.0 Å². The zero-order valence-electron chi connectivity index (χ0n) is 16.6. The number of ether oxygens (including phenoxy) is 1. The molecule has 5 nitrogen and oxygen atoms in total. The molecule has 3 aromatic carbocycles. The first-order valence-corrected chi connectivity index (χ1v) is 9.88. The van der Waals surface area contributed by atoms with Gasteiger partial charge >= 0.3 is 0 Å². The lowest BCUT2D eigenvalue weighted by atomic mass is 9.99. The molecular formula is C24H24N2O3. The maximum Gasteiger partial charge on any atom is 0.267 e. The zero-order valence-corrected chi connectivity index (χ0v) is 16.6. The number of carbonyl (C=O) groups is 2. The maximum absolute atomic E-state index is 12.6. The van der Waals surface area contributed by atoms with Gasteiger partial charge in [-0.3, -0.25) is 9.59 Å². The highest BCUT2D eigenvalue weighted by atomic mass is 16.5. The van der Waals surface area contributed by atoms with Crippen molar-refractivity contribution in [3.05, 3.63) is 72.3 Å². The van der Waals surface area contributed by atoms with Gasteiger partial charge in [-0.1, -0.05) is 54.6 Å². The van der Waals surface area contributed by atoms with Crippen molar-refractivity contribution in [2.75, 3.05) is 11.4 Å². The van der Waals surface area contributed by atoms with Crippen LogP contribution in [0.15, 0.2) is 66.7 Å². The first-order valence-electron chi connectivity index (χ1n) is 9.88. The molecule has 0 radical (unpaired) electrons. The third-order valence-electron chi connectivity index (χ3n) is 5.30. The van der Waals surface area contributed by atoms with E-state index in [0.717, 1.165) is 16.3 Å². The Kier molecular flexibility index (Phi) is 5.21. The predicted molar refractivity (Wildman–Crippen MR) is 114 cm³/mol. The van der Waals surface area contributed by atoms with Crippen molar-refractivity contribution in [1.29, 1.82) is 0 Å². The van der Waals surface area contributed by atoms with Gasteiger partial charge in [-0.15, -0.1) is 0 Å². The summed E-state index contributed by atoms with van der Waals surface area (Å²) in [6, 6.07) is 21.5. The summed E-state index contributed by atoms with van der Waals surface area (Å²) in [5.41, 5.74) is 1.79. The molecule has 5 heteroatoms. The third kappa shape index (κ3) is 3.81. The monoisotopic (exact) mass is 388 g/mol. The second-order valence-corrected chi connectivity index (χ2v) is 7.33. The SMILES string of the molecule is CC1Oc2ccccc2N(CCC(=O)NC(C)c2cccc3ccccc23)C1=O. The topological polar surface area (TPSA) is 58.6 Å². The highest BCUT2D eigenvalue weighted by Crippen LogP contribution is 2.33. The number of para-hydroxylation sites is 2. The molecule has 2 amide bonds. The zero-order chi connectivity index (χ0) is 20.4. The fourth-order valence-corrected chi connectivity index (χ4v) is 3.82. The molecule has 0 fully saturated rings. The molecule has 0 saturated heterocycles. The van der Waals surface area contributed by atoms with Gasteiger partial charge in [-0.2, -0.15) is 0 Å². The lowest BCUT2D eigenvalue weighted by molar-refractivity contribution is -0.125. The van der Waals surface area contributed by atoms with E-state index in [4.69, 9.17) is 4.74 Å². The molecule has 0 aliphatic carbocycles. The maximum atomic E-state index is 12.6. The normalized spacial score (nSPS) is 16.8. The lowest BCUT2D eigenvalue weighted by Crippen LogP contribution is -2.45. The molecule has 1 N–H and O–H groups in total. The third-order valence-corrected chi connectivity index (χ3v) is 5.30. The molecular weight excluding hydrogens is 364 g/mol. The summed E-state index contributed by atoms with van der Waals surface area (Å²) in [4.78, 5) is 26.8. The van der Waals surface area contributed by atoms with Crippen LogP contribution in [-0.4, -0.2) is 24.5 Å². The summed E-state index contributed by atoms with van der Waals surface area (Å²) in [6.07, 6.45) is -0.329. The smallest absolute Gasteiger partial charge is 0.267 e. The second kappa shape index (κ2) is 7.95. The fourth-order valence-electron chi connectivity index (χ4n) is 3.82. The molecule has 1 aliphatic rings. The Balaban J connectivity index is 1.44. The Labute approximate surface area is 170 Å². The standard InChI is InChI=1S/C24H24N2O3/c1-16(19-11-7-9-18-8-3-4-10-20(18)19)25-23(27)14-15-26-21-12-5-6-13-22(21)29-17(2)24(26)28/h3-13,16-17H,14-15H2,1-2H3,(H,25,27). The van der Waals surface area contributed by atoms with Crippen LogP contribution in [0.25, 0.3) is 10.8 Å². The van der Waals surface area contributed by atoms with Gasteiger partial charge in [-0.25, -0.2) is 0 Å². The van der Waals surface area contributed by atoms with Crippen molar-refractivity contribution in [1.82, 2.24) is 5.32 Å². The number of nitrogens with one attached hydrogen (secondary N) is 1. The summed E-state index contributed by atoms with van der Waals surface area (Å²) in [7, 11) is 0. The van der Waals surface area contributed by atoms with Gasteiger partial charge in [-0.05, 0) is 42.3 Å². The van der Waals surface area contributed by atoms with Crippen molar-refractivity contribution in [3.8, 4) is 5.75 Å². The van der Waals surface area contributed by atoms with Crippen molar-refractivity contribution >= 4 is 28.3 Å². The number of hydrogen-bond donors (Lipinski definition) is 1. The van der Waals surface area contributed by atoms with E-state index in [9.17, 15) is 9.59 Å². The first-order chi connectivity index (χ1) is 14.0. The Morgan fingerprint density at radius 1 is 1.07 bits per heavy atom. The molecule has 148 valence electrons. The minimum Gasteiger partial charge on any atom is -0.479 e. The van der Waals surface area contributed by atoms with Crippen LogP contribution in [0, 0.1) is 0 Å². The number of carbonyl (C=O) groups excluding carboxylic acids is 2. The molecule has 1 heterocycles. The van der Waals surface area contributed by atoms with Crippen molar-refractivity contribution in [2.24, 2.45) is 0 Å². The largest absolute Gasteiger partial charge is 0.479 e.